The molecular formula is C19H23N7O2. The second-order valence-electron chi connectivity index (χ2n) is 6.22. The van der Waals surface area contributed by atoms with Gasteiger partial charge in [-0.1, -0.05) is 11.2 Å². The molecule has 0 bridgehead atoms. The first kappa shape index (κ1) is 19.3. The molecule has 0 radical (unpaired) electrons. The SMILES string of the molecule is Cc1noc(C)c1CCC(=O)NCCNc1ccc(Nc2ccccn2)nn1. The Morgan fingerprint density at radius 3 is 2.54 bits per heavy atom. The highest BCUT2D eigenvalue weighted by atomic mass is 16.5. The van der Waals surface area contributed by atoms with Crippen molar-refractivity contribution in [1.82, 2.24) is 25.7 Å². The van der Waals surface area contributed by atoms with Gasteiger partial charge in [0.05, 0.1) is 5.69 Å². The van der Waals surface area contributed by atoms with Crippen LogP contribution in [0.3, 0.4) is 0 Å². The van der Waals surface area contributed by atoms with E-state index in [4.69, 9.17) is 4.52 Å². The maximum Gasteiger partial charge on any atom is 0.220 e. The molecule has 28 heavy (non-hydrogen) atoms. The number of rotatable bonds is 9. The lowest BCUT2D eigenvalue weighted by molar-refractivity contribution is -0.120. The first-order valence-electron chi connectivity index (χ1n) is 9.06. The Balaban J connectivity index is 1.35. The van der Waals surface area contributed by atoms with Crippen molar-refractivity contribution >= 4 is 23.4 Å². The number of nitrogens with one attached hydrogen (secondary N) is 3. The van der Waals surface area contributed by atoms with Crippen molar-refractivity contribution in [3.63, 3.8) is 0 Å². The fourth-order valence-corrected chi connectivity index (χ4v) is 2.64. The molecule has 9 heteroatoms. The standard InChI is InChI=1S/C19H23N7O2/c1-13-15(14(2)28-26-13)6-9-19(27)22-12-11-21-17-7-8-18(25-24-17)23-16-5-3-4-10-20-16/h3-5,7-8,10H,6,9,11-12H2,1-2H3,(H,21,24)(H,22,27)(H,20,23,25). The van der Waals surface area contributed by atoms with Crippen LogP contribution in [0.1, 0.15) is 23.4 Å². The second kappa shape index (κ2) is 9.45. The van der Waals surface area contributed by atoms with E-state index < -0.39 is 0 Å². The highest BCUT2D eigenvalue weighted by Gasteiger charge is 2.10. The summed E-state index contributed by atoms with van der Waals surface area (Å²) in [4.78, 5) is 16.1. The number of nitrogens with zero attached hydrogens (tertiary/aromatic N) is 4. The zero-order valence-corrected chi connectivity index (χ0v) is 15.9. The summed E-state index contributed by atoms with van der Waals surface area (Å²) in [6.45, 7) is 4.79. The number of carbonyl (C=O) groups is 1. The molecule has 0 atom stereocenters. The molecule has 0 aromatic carbocycles. The van der Waals surface area contributed by atoms with Gasteiger partial charge in [0.25, 0.3) is 0 Å². The number of carbonyl (C=O) groups excluding carboxylic acids is 1. The molecule has 3 N–H and O–H groups in total. The zero-order chi connectivity index (χ0) is 19.8. The van der Waals surface area contributed by atoms with E-state index in [1.165, 1.54) is 0 Å². The Hall–Kier alpha value is -3.49. The van der Waals surface area contributed by atoms with Crippen LogP contribution in [-0.4, -0.2) is 39.3 Å². The van der Waals surface area contributed by atoms with Crippen LogP contribution >= 0.6 is 0 Å². The van der Waals surface area contributed by atoms with Gasteiger partial charge in [-0.15, -0.1) is 10.2 Å². The molecule has 0 saturated heterocycles. The Bertz CT molecular complexity index is 875. The van der Waals surface area contributed by atoms with Crippen molar-refractivity contribution < 1.29 is 9.32 Å². The van der Waals surface area contributed by atoms with E-state index in [0.717, 1.165) is 17.0 Å². The molecule has 0 unspecified atom stereocenters. The number of hydrogen-bond donors (Lipinski definition) is 3. The van der Waals surface area contributed by atoms with Crippen LogP contribution in [0.25, 0.3) is 0 Å². The van der Waals surface area contributed by atoms with Crippen molar-refractivity contribution in [2.75, 3.05) is 23.7 Å². The van der Waals surface area contributed by atoms with E-state index in [0.29, 0.717) is 43.4 Å². The van der Waals surface area contributed by atoms with Gasteiger partial charge < -0.3 is 20.5 Å². The summed E-state index contributed by atoms with van der Waals surface area (Å²) in [5.74, 6) is 2.71. The van der Waals surface area contributed by atoms with Crippen LogP contribution in [-0.2, 0) is 11.2 Å². The number of pyridine rings is 1. The van der Waals surface area contributed by atoms with Gasteiger partial charge in [0.1, 0.15) is 17.4 Å². The summed E-state index contributed by atoms with van der Waals surface area (Å²) in [6, 6.07) is 9.22. The third kappa shape index (κ3) is 5.50. The number of anilines is 3. The third-order valence-electron chi connectivity index (χ3n) is 4.12. The fraction of sp³-hybridized carbons (Fsp3) is 0.316. The lowest BCUT2D eigenvalue weighted by atomic mass is 10.1. The Morgan fingerprint density at radius 2 is 1.86 bits per heavy atom. The lowest BCUT2D eigenvalue weighted by Crippen LogP contribution is -2.29. The zero-order valence-electron chi connectivity index (χ0n) is 15.9. The molecule has 3 aromatic rings. The molecule has 0 spiro atoms. The van der Waals surface area contributed by atoms with Gasteiger partial charge in [-0.05, 0) is 44.5 Å². The van der Waals surface area contributed by atoms with Crippen LogP contribution in [0, 0.1) is 13.8 Å². The van der Waals surface area contributed by atoms with Gasteiger partial charge in [-0.2, -0.15) is 0 Å². The van der Waals surface area contributed by atoms with E-state index in [1.807, 2.05) is 44.2 Å². The molecule has 146 valence electrons. The first-order chi connectivity index (χ1) is 13.6. The summed E-state index contributed by atoms with van der Waals surface area (Å²) in [7, 11) is 0. The topological polar surface area (TPSA) is 118 Å². The lowest BCUT2D eigenvalue weighted by Gasteiger charge is -2.08. The van der Waals surface area contributed by atoms with Crippen molar-refractivity contribution in [2.45, 2.75) is 26.7 Å². The Kier molecular flexibility index (Phi) is 6.50. The normalized spacial score (nSPS) is 10.5. The summed E-state index contributed by atoms with van der Waals surface area (Å²) in [6.07, 6.45) is 2.72. The largest absolute Gasteiger partial charge is 0.367 e. The summed E-state index contributed by atoms with van der Waals surface area (Å²) in [5, 5.41) is 21.2. The number of hydrogen-bond acceptors (Lipinski definition) is 8. The predicted molar refractivity (Wildman–Crippen MR) is 105 cm³/mol. The fourth-order valence-electron chi connectivity index (χ4n) is 2.64. The quantitative estimate of drug-likeness (QED) is 0.484. The molecule has 9 nitrogen and oxygen atoms in total. The molecule has 0 fully saturated rings. The molecule has 3 aromatic heterocycles. The molecule has 0 aliphatic rings. The van der Waals surface area contributed by atoms with Crippen molar-refractivity contribution in [3.8, 4) is 0 Å². The van der Waals surface area contributed by atoms with Crippen LogP contribution in [0.2, 0.25) is 0 Å². The maximum absolute atomic E-state index is 12.0. The number of aryl methyl sites for hydroxylation is 2. The van der Waals surface area contributed by atoms with Crippen molar-refractivity contribution in [2.24, 2.45) is 0 Å². The van der Waals surface area contributed by atoms with E-state index in [2.05, 4.69) is 36.3 Å². The monoisotopic (exact) mass is 381 g/mol. The van der Waals surface area contributed by atoms with Crippen LogP contribution < -0.4 is 16.0 Å². The molecule has 0 saturated carbocycles. The van der Waals surface area contributed by atoms with Crippen LogP contribution in [0.5, 0.6) is 0 Å². The minimum absolute atomic E-state index is 0.0113. The summed E-state index contributed by atoms with van der Waals surface area (Å²) >= 11 is 0. The van der Waals surface area contributed by atoms with Crippen molar-refractivity contribution in [1.29, 1.82) is 0 Å². The molecule has 3 heterocycles. The summed E-state index contributed by atoms with van der Waals surface area (Å²) in [5.41, 5.74) is 1.84. The summed E-state index contributed by atoms with van der Waals surface area (Å²) < 4.78 is 5.10. The third-order valence-corrected chi connectivity index (χ3v) is 4.12. The van der Waals surface area contributed by atoms with Crippen LogP contribution in [0.15, 0.2) is 41.1 Å². The number of amides is 1. The van der Waals surface area contributed by atoms with Gasteiger partial charge in [0, 0.05) is 31.3 Å². The molecule has 1 amide bonds. The van der Waals surface area contributed by atoms with Gasteiger partial charge in [-0.25, -0.2) is 4.98 Å². The van der Waals surface area contributed by atoms with Gasteiger partial charge in [0.15, 0.2) is 5.82 Å². The smallest absolute Gasteiger partial charge is 0.220 e. The molecule has 3 rings (SSSR count). The Morgan fingerprint density at radius 1 is 1.04 bits per heavy atom. The highest BCUT2D eigenvalue weighted by Crippen LogP contribution is 2.14. The van der Waals surface area contributed by atoms with Crippen LogP contribution in [0.4, 0.5) is 17.5 Å². The highest BCUT2D eigenvalue weighted by molar-refractivity contribution is 5.76. The Labute approximate surface area is 163 Å². The average Bonchev–Trinajstić information content (AvgIpc) is 3.03. The van der Waals surface area contributed by atoms with Gasteiger partial charge in [0.2, 0.25) is 5.91 Å². The predicted octanol–water partition coefficient (Wildman–Crippen LogP) is 2.38. The van der Waals surface area contributed by atoms with Gasteiger partial charge in [-0.3, -0.25) is 4.79 Å². The van der Waals surface area contributed by atoms with E-state index in [-0.39, 0.29) is 5.91 Å². The first-order valence-corrected chi connectivity index (χ1v) is 9.06. The van der Waals surface area contributed by atoms with E-state index >= 15 is 0 Å². The van der Waals surface area contributed by atoms with Gasteiger partial charge >= 0.3 is 0 Å². The van der Waals surface area contributed by atoms with E-state index in [1.54, 1.807) is 6.20 Å². The maximum atomic E-state index is 12.0. The minimum Gasteiger partial charge on any atom is -0.367 e. The molecular weight excluding hydrogens is 358 g/mol. The second-order valence-corrected chi connectivity index (χ2v) is 6.22. The van der Waals surface area contributed by atoms with Crippen molar-refractivity contribution in [3.05, 3.63) is 53.5 Å². The molecule has 0 aliphatic heterocycles. The number of aromatic nitrogens is 4. The molecule has 0 aliphatic carbocycles. The van der Waals surface area contributed by atoms with E-state index in [9.17, 15) is 4.79 Å². The average molecular weight is 381 g/mol. The minimum atomic E-state index is -0.0113.